The van der Waals surface area contributed by atoms with Gasteiger partial charge in [-0.3, -0.25) is 14.4 Å². The summed E-state index contributed by atoms with van der Waals surface area (Å²) >= 11 is 13.6. The Labute approximate surface area is 181 Å². The second-order valence-electron chi connectivity index (χ2n) is 6.78. The highest BCUT2D eigenvalue weighted by molar-refractivity contribution is 7.10. The van der Waals surface area contributed by atoms with Crippen LogP contribution in [0.1, 0.15) is 10.9 Å². The van der Waals surface area contributed by atoms with E-state index in [1.165, 1.54) is 17.4 Å². The van der Waals surface area contributed by atoms with Crippen LogP contribution >= 0.6 is 34.5 Å². The molecule has 146 valence electrons. The van der Waals surface area contributed by atoms with E-state index in [1.807, 2.05) is 47.8 Å². The number of halogens is 2. The lowest BCUT2D eigenvalue weighted by molar-refractivity contribution is -0.126. The average molecular weight is 445 g/mol. The first-order valence-corrected chi connectivity index (χ1v) is 10.6. The Hall–Kier alpha value is -2.38. The van der Waals surface area contributed by atoms with E-state index in [-0.39, 0.29) is 10.9 Å². The summed E-state index contributed by atoms with van der Waals surface area (Å²) in [7, 11) is 0. The third-order valence-corrected chi connectivity index (χ3v) is 6.80. The molecule has 2 amide bonds. The van der Waals surface area contributed by atoms with Crippen molar-refractivity contribution in [3.05, 3.63) is 81.0 Å². The second kappa shape index (κ2) is 7.15. The van der Waals surface area contributed by atoms with Crippen molar-refractivity contribution in [3.8, 4) is 0 Å². The normalized spacial score (nSPS) is 23.7. The van der Waals surface area contributed by atoms with E-state index in [0.717, 1.165) is 15.5 Å². The van der Waals surface area contributed by atoms with Gasteiger partial charge in [-0.15, -0.1) is 11.3 Å². The average Bonchev–Trinajstić information content (AvgIpc) is 3.43. The highest BCUT2D eigenvalue weighted by Crippen LogP contribution is 2.48. The maximum absolute atomic E-state index is 13.4. The summed E-state index contributed by atoms with van der Waals surface area (Å²) in [5.74, 6) is -1.37. The van der Waals surface area contributed by atoms with Crippen LogP contribution in [0.2, 0.25) is 10.0 Å². The van der Waals surface area contributed by atoms with Gasteiger partial charge in [0.1, 0.15) is 12.0 Å². The number of fused-ring (bicyclic) bond motifs is 1. The molecule has 0 bridgehead atoms. The van der Waals surface area contributed by atoms with E-state index in [9.17, 15) is 9.59 Å². The predicted octanol–water partition coefficient (Wildman–Crippen LogP) is 5.11. The molecule has 2 saturated heterocycles. The number of rotatable bonds is 3. The molecule has 0 aliphatic carbocycles. The van der Waals surface area contributed by atoms with Crippen LogP contribution < -0.4 is 9.96 Å². The van der Waals surface area contributed by atoms with Gasteiger partial charge in [0.2, 0.25) is 5.91 Å². The molecule has 5 rings (SSSR count). The minimum Gasteiger partial charge on any atom is -0.273 e. The van der Waals surface area contributed by atoms with Crippen LogP contribution in [0, 0.1) is 5.92 Å². The first-order valence-electron chi connectivity index (χ1n) is 8.93. The maximum Gasteiger partial charge on any atom is 0.266 e. The van der Waals surface area contributed by atoms with Crippen molar-refractivity contribution in [1.82, 2.24) is 0 Å². The molecular weight excluding hydrogens is 431 g/mol. The number of thiophene rings is 1. The molecule has 3 aromatic rings. The first-order chi connectivity index (χ1) is 14.1. The molecule has 3 heterocycles. The monoisotopic (exact) mass is 444 g/mol. The maximum atomic E-state index is 13.4. The molecule has 0 N–H and O–H groups in total. The zero-order valence-electron chi connectivity index (χ0n) is 14.9. The largest absolute Gasteiger partial charge is 0.273 e. The molecular formula is C21H14Cl2N2O3S. The smallest absolute Gasteiger partial charge is 0.266 e. The lowest BCUT2D eigenvalue weighted by Gasteiger charge is -2.27. The lowest BCUT2D eigenvalue weighted by atomic mass is 9.95. The SMILES string of the molecule is O=C1C2ON(c3ccccc3)C(c3cccs3)C2C(=O)N1c1ccc(Cl)c(Cl)c1. The number of carbonyl (C=O) groups is 2. The Morgan fingerprint density at radius 2 is 1.66 bits per heavy atom. The fourth-order valence-corrected chi connectivity index (χ4v) is 4.99. The van der Waals surface area contributed by atoms with Crippen molar-refractivity contribution >= 4 is 57.7 Å². The van der Waals surface area contributed by atoms with Crippen LogP contribution in [-0.4, -0.2) is 17.9 Å². The molecule has 2 aromatic carbocycles. The fourth-order valence-electron chi connectivity index (χ4n) is 3.84. The minimum atomic E-state index is -0.899. The summed E-state index contributed by atoms with van der Waals surface area (Å²) in [6.07, 6.45) is -0.899. The van der Waals surface area contributed by atoms with Gasteiger partial charge >= 0.3 is 0 Å². The predicted molar refractivity (Wildman–Crippen MR) is 113 cm³/mol. The lowest BCUT2D eigenvalue weighted by Crippen LogP contribution is -2.37. The molecule has 0 saturated carbocycles. The van der Waals surface area contributed by atoms with Gasteiger partial charge < -0.3 is 0 Å². The van der Waals surface area contributed by atoms with Crippen LogP contribution in [0.3, 0.4) is 0 Å². The Morgan fingerprint density at radius 3 is 2.34 bits per heavy atom. The highest BCUT2D eigenvalue weighted by atomic mass is 35.5. The summed E-state index contributed by atoms with van der Waals surface area (Å²) in [5, 5.41) is 4.27. The van der Waals surface area contributed by atoms with Crippen molar-refractivity contribution in [2.75, 3.05) is 9.96 Å². The molecule has 3 atom stereocenters. The van der Waals surface area contributed by atoms with Gasteiger partial charge in [-0.1, -0.05) is 47.5 Å². The van der Waals surface area contributed by atoms with Crippen LogP contribution in [0.25, 0.3) is 0 Å². The third-order valence-electron chi connectivity index (χ3n) is 5.12. The zero-order chi connectivity index (χ0) is 20.1. The van der Waals surface area contributed by atoms with Gasteiger partial charge in [0.05, 0.1) is 21.4 Å². The number of benzene rings is 2. The molecule has 5 nitrogen and oxygen atoms in total. The van der Waals surface area contributed by atoms with Gasteiger partial charge in [-0.2, -0.15) is 0 Å². The molecule has 2 aliphatic rings. The Balaban J connectivity index is 1.57. The van der Waals surface area contributed by atoms with Crippen molar-refractivity contribution in [1.29, 1.82) is 0 Å². The fraction of sp³-hybridized carbons (Fsp3) is 0.143. The number of para-hydroxylation sites is 1. The van der Waals surface area contributed by atoms with Crippen LogP contribution in [0.5, 0.6) is 0 Å². The Kier molecular flexibility index (Phi) is 4.59. The van der Waals surface area contributed by atoms with Crippen LogP contribution in [-0.2, 0) is 14.4 Å². The number of nitrogens with zero attached hydrogens (tertiary/aromatic N) is 2. The van der Waals surface area contributed by atoms with E-state index in [4.69, 9.17) is 28.0 Å². The van der Waals surface area contributed by atoms with Gasteiger partial charge in [-0.05, 0) is 41.8 Å². The molecule has 2 fully saturated rings. The van der Waals surface area contributed by atoms with Crippen molar-refractivity contribution < 1.29 is 14.4 Å². The van der Waals surface area contributed by atoms with Crippen molar-refractivity contribution in [2.45, 2.75) is 12.1 Å². The second-order valence-corrected chi connectivity index (χ2v) is 8.58. The van der Waals surface area contributed by atoms with Gasteiger partial charge in [0.15, 0.2) is 6.10 Å². The number of imide groups is 1. The van der Waals surface area contributed by atoms with E-state index in [1.54, 1.807) is 17.2 Å². The van der Waals surface area contributed by atoms with E-state index >= 15 is 0 Å². The van der Waals surface area contributed by atoms with E-state index < -0.39 is 24.0 Å². The number of hydroxylamine groups is 1. The van der Waals surface area contributed by atoms with Gasteiger partial charge in [0, 0.05) is 4.88 Å². The van der Waals surface area contributed by atoms with Crippen LogP contribution in [0.15, 0.2) is 66.0 Å². The molecule has 0 spiro atoms. The van der Waals surface area contributed by atoms with E-state index in [0.29, 0.717) is 10.7 Å². The molecule has 2 aliphatic heterocycles. The Bertz CT molecular complexity index is 1090. The number of carbonyl (C=O) groups excluding carboxylic acids is 2. The molecule has 3 unspecified atom stereocenters. The summed E-state index contributed by atoms with van der Waals surface area (Å²) in [4.78, 5) is 34.7. The number of hydrogen-bond acceptors (Lipinski definition) is 5. The summed E-state index contributed by atoms with van der Waals surface area (Å²) in [5.41, 5.74) is 1.19. The summed E-state index contributed by atoms with van der Waals surface area (Å²) in [6.45, 7) is 0. The summed E-state index contributed by atoms with van der Waals surface area (Å²) < 4.78 is 0. The highest BCUT2D eigenvalue weighted by Gasteiger charge is 2.60. The van der Waals surface area contributed by atoms with Gasteiger partial charge in [-0.25, -0.2) is 9.96 Å². The molecule has 0 radical (unpaired) electrons. The van der Waals surface area contributed by atoms with Crippen molar-refractivity contribution in [3.63, 3.8) is 0 Å². The standard InChI is InChI=1S/C21H14Cl2N2O3S/c22-14-9-8-13(11-15(14)23)24-20(26)17-18(16-7-4-10-29-16)25(28-19(17)21(24)27)12-5-2-1-3-6-12/h1-11,17-19H. The first kappa shape index (κ1) is 18.6. The molecule has 29 heavy (non-hydrogen) atoms. The minimum absolute atomic E-state index is 0.281. The van der Waals surface area contributed by atoms with Gasteiger partial charge in [0.25, 0.3) is 5.91 Å². The van der Waals surface area contributed by atoms with E-state index in [2.05, 4.69) is 0 Å². The molecule has 8 heteroatoms. The number of hydrogen-bond donors (Lipinski definition) is 0. The Morgan fingerprint density at radius 1 is 0.862 bits per heavy atom. The topological polar surface area (TPSA) is 49.9 Å². The number of anilines is 2. The summed E-state index contributed by atoms with van der Waals surface area (Å²) in [6, 6.07) is 17.7. The third kappa shape index (κ3) is 2.95. The zero-order valence-corrected chi connectivity index (χ0v) is 17.2. The number of amides is 2. The molecule has 1 aromatic heterocycles. The van der Waals surface area contributed by atoms with Crippen molar-refractivity contribution in [2.24, 2.45) is 5.92 Å². The quantitative estimate of drug-likeness (QED) is 0.526. The van der Waals surface area contributed by atoms with Crippen LogP contribution in [0.4, 0.5) is 11.4 Å².